The Morgan fingerprint density at radius 3 is 2.26 bits per heavy atom. The summed E-state index contributed by atoms with van der Waals surface area (Å²) in [5, 5.41) is 3.34. The monoisotopic (exact) mass is 506 g/mol. The summed E-state index contributed by atoms with van der Waals surface area (Å²) in [4.78, 5) is 12.9. The van der Waals surface area contributed by atoms with Crippen LogP contribution < -0.4 is 5.32 Å². The van der Waals surface area contributed by atoms with E-state index in [1.807, 2.05) is 13.0 Å². The molecule has 0 aromatic heterocycles. The van der Waals surface area contributed by atoms with Gasteiger partial charge in [0.1, 0.15) is 6.04 Å². The average molecular weight is 507 g/mol. The van der Waals surface area contributed by atoms with Crippen LogP contribution >= 0.6 is 11.6 Å². The molecule has 1 aromatic carbocycles. The van der Waals surface area contributed by atoms with E-state index in [4.69, 9.17) is 11.6 Å². The van der Waals surface area contributed by atoms with Crippen molar-refractivity contribution in [2.45, 2.75) is 83.6 Å². The van der Waals surface area contributed by atoms with E-state index >= 15 is 0 Å². The Balaban J connectivity index is 2.15. The summed E-state index contributed by atoms with van der Waals surface area (Å²) < 4.78 is 28.4. The van der Waals surface area contributed by atoms with Gasteiger partial charge in [0, 0.05) is 18.1 Å². The molecule has 1 atom stereocenters. The minimum absolute atomic E-state index is 0.148. The molecule has 1 saturated heterocycles. The van der Waals surface area contributed by atoms with Crippen LogP contribution in [0.4, 0.5) is 0 Å². The van der Waals surface area contributed by atoms with Gasteiger partial charge in [0.15, 0.2) is 0 Å². The summed E-state index contributed by atoms with van der Waals surface area (Å²) in [5.74, 6) is -0.226. The number of benzene rings is 1. The minimum Gasteiger partial charge on any atom is -0.355 e. The Morgan fingerprint density at radius 1 is 1.00 bits per heavy atom. The number of halogens is 1. The van der Waals surface area contributed by atoms with Crippen LogP contribution in [0.3, 0.4) is 0 Å². The van der Waals surface area contributed by atoms with Crippen molar-refractivity contribution in [2.24, 2.45) is 0 Å². The third-order valence-electron chi connectivity index (χ3n) is 6.02. The summed E-state index contributed by atoms with van der Waals surface area (Å²) in [6, 6.07) is 5.40. The van der Waals surface area contributed by atoms with E-state index in [-0.39, 0.29) is 17.3 Å². The summed E-state index contributed by atoms with van der Waals surface area (Å²) in [7, 11) is -3.86. The Labute approximate surface area is 211 Å². The predicted octanol–water partition coefficient (Wildman–Crippen LogP) is 6.42. The molecular weight excluding hydrogens is 468 g/mol. The number of sulfonamides is 1. The van der Waals surface area contributed by atoms with Gasteiger partial charge in [0.2, 0.25) is 15.9 Å². The zero-order chi connectivity index (χ0) is 25.1. The molecule has 7 heteroatoms. The van der Waals surface area contributed by atoms with Gasteiger partial charge >= 0.3 is 0 Å². The summed E-state index contributed by atoms with van der Waals surface area (Å²) in [6.07, 6.45) is 12.5. The molecule has 5 nitrogen and oxygen atoms in total. The Bertz CT molecular complexity index is 1010. The highest BCUT2D eigenvalue weighted by Crippen LogP contribution is 2.24. The third-order valence-corrected chi connectivity index (χ3v) is 8.16. The van der Waals surface area contributed by atoms with E-state index in [1.165, 1.54) is 27.6 Å². The maximum atomic E-state index is 13.5. The number of hydrogen-bond acceptors (Lipinski definition) is 3. The number of carbonyl (C=O) groups is 1. The van der Waals surface area contributed by atoms with Crippen LogP contribution in [0.2, 0.25) is 5.02 Å². The lowest BCUT2D eigenvalue weighted by molar-refractivity contribution is -0.124. The molecule has 188 valence electrons. The lowest BCUT2D eigenvalue weighted by Gasteiger charge is -2.28. The minimum atomic E-state index is -3.86. The first kappa shape index (κ1) is 28.3. The topological polar surface area (TPSA) is 66.5 Å². The molecule has 2 rings (SSSR count). The van der Waals surface area contributed by atoms with Crippen molar-refractivity contribution >= 4 is 27.5 Å². The van der Waals surface area contributed by atoms with E-state index in [9.17, 15) is 13.2 Å². The maximum absolute atomic E-state index is 13.5. The standard InChI is InChI=1S/C27H39ClN2O3S/c1-21(2)9-7-10-22(3)11-8-12-23(4)18-20-30(26-13-5-6-19-29-27(26)31)34(32,33)25-16-14-24(28)15-17-25/h9,11,14-18,26H,5-8,10,12-13,19-20H2,1-4H3,(H,29,31)/b22-11+,23-18+/t26-/m1/s1. The van der Waals surface area contributed by atoms with Crippen LogP contribution in [-0.2, 0) is 14.8 Å². The van der Waals surface area contributed by atoms with Crippen molar-refractivity contribution in [3.05, 3.63) is 64.2 Å². The van der Waals surface area contributed by atoms with Gasteiger partial charge in [0.25, 0.3) is 0 Å². The number of nitrogens with zero attached hydrogens (tertiary/aromatic N) is 1. The van der Waals surface area contributed by atoms with E-state index in [0.29, 0.717) is 18.0 Å². The summed E-state index contributed by atoms with van der Waals surface area (Å²) in [6.45, 7) is 9.15. The zero-order valence-electron chi connectivity index (χ0n) is 20.9. The van der Waals surface area contributed by atoms with Crippen LogP contribution in [0.5, 0.6) is 0 Å². The second-order valence-electron chi connectivity index (χ2n) is 9.29. The molecule has 1 heterocycles. The van der Waals surface area contributed by atoms with Crippen molar-refractivity contribution < 1.29 is 13.2 Å². The van der Waals surface area contributed by atoms with Crippen LogP contribution in [-0.4, -0.2) is 37.8 Å². The van der Waals surface area contributed by atoms with Crippen LogP contribution in [0, 0.1) is 0 Å². The molecule has 0 unspecified atom stereocenters. The lowest BCUT2D eigenvalue weighted by Crippen LogP contribution is -2.48. The maximum Gasteiger partial charge on any atom is 0.244 e. The number of rotatable bonds is 11. The largest absolute Gasteiger partial charge is 0.355 e. The Morgan fingerprint density at radius 2 is 1.62 bits per heavy atom. The highest BCUT2D eigenvalue weighted by Gasteiger charge is 2.35. The summed E-state index contributed by atoms with van der Waals surface area (Å²) >= 11 is 5.96. The molecule has 0 aliphatic carbocycles. The highest BCUT2D eigenvalue weighted by molar-refractivity contribution is 7.89. The van der Waals surface area contributed by atoms with Gasteiger partial charge in [-0.2, -0.15) is 4.31 Å². The lowest BCUT2D eigenvalue weighted by atomic mass is 10.1. The molecule has 0 bridgehead atoms. The molecule has 1 aromatic rings. The molecule has 34 heavy (non-hydrogen) atoms. The zero-order valence-corrected chi connectivity index (χ0v) is 22.5. The molecule has 0 radical (unpaired) electrons. The predicted molar refractivity (Wildman–Crippen MR) is 141 cm³/mol. The normalized spacial score (nSPS) is 17.9. The SMILES string of the molecule is CC(C)=CCC/C(C)=C/CC/C(C)=C/CN([C@@H]1CCCCNC1=O)S(=O)(=O)c1ccc(Cl)cc1. The fraction of sp³-hybridized carbons (Fsp3) is 0.519. The molecule has 0 saturated carbocycles. The molecule has 1 fully saturated rings. The number of allylic oxidation sites excluding steroid dienone is 5. The Hall–Kier alpha value is -1.89. The molecular formula is C27H39ClN2O3S. The van der Waals surface area contributed by atoms with Gasteiger partial charge in [-0.1, -0.05) is 46.5 Å². The third kappa shape index (κ3) is 9.05. The van der Waals surface area contributed by atoms with Crippen molar-refractivity contribution in [3.63, 3.8) is 0 Å². The highest BCUT2D eigenvalue weighted by atomic mass is 35.5. The molecule has 0 spiro atoms. The number of hydrogen-bond donors (Lipinski definition) is 1. The number of amides is 1. The van der Waals surface area contributed by atoms with Gasteiger partial charge in [-0.25, -0.2) is 8.42 Å². The molecule has 1 amide bonds. The van der Waals surface area contributed by atoms with E-state index in [0.717, 1.165) is 44.1 Å². The van der Waals surface area contributed by atoms with Crippen molar-refractivity contribution in [1.29, 1.82) is 0 Å². The molecule has 1 aliphatic rings. The van der Waals surface area contributed by atoms with Gasteiger partial charge < -0.3 is 5.32 Å². The van der Waals surface area contributed by atoms with Crippen LogP contribution in [0.1, 0.15) is 72.6 Å². The molecule has 1 aliphatic heterocycles. The van der Waals surface area contributed by atoms with E-state index in [1.54, 1.807) is 12.1 Å². The first-order chi connectivity index (χ1) is 16.1. The first-order valence-corrected chi connectivity index (χ1v) is 13.9. The number of carbonyl (C=O) groups excluding carboxylic acids is 1. The van der Waals surface area contributed by atoms with Crippen LogP contribution in [0.25, 0.3) is 0 Å². The second-order valence-corrected chi connectivity index (χ2v) is 11.6. The first-order valence-electron chi connectivity index (χ1n) is 12.1. The van der Waals surface area contributed by atoms with Gasteiger partial charge in [-0.3, -0.25) is 4.79 Å². The number of nitrogens with one attached hydrogen (secondary N) is 1. The second kappa shape index (κ2) is 13.9. The summed E-state index contributed by atoms with van der Waals surface area (Å²) in [5.41, 5.74) is 3.82. The smallest absolute Gasteiger partial charge is 0.244 e. The quantitative estimate of drug-likeness (QED) is 0.352. The van der Waals surface area contributed by atoms with E-state index < -0.39 is 16.1 Å². The van der Waals surface area contributed by atoms with Crippen LogP contribution in [0.15, 0.2) is 64.1 Å². The van der Waals surface area contributed by atoms with Gasteiger partial charge in [-0.05, 0) is 96.9 Å². The van der Waals surface area contributed by atoms with Gasteiger partial charge in [0.05, 0.1) is 4.90 Å². The van der Waals surface area contributed by atoms with Crippen molar-refractivity contribution in [3.8, 4) is 0 Å². The van der Waals surface area contributed by atoms with Gasteiger partial charge in [-0.15, -0.1) is 0 Å². The fourth-order valence-electron chi connectivity index (χ4n) is 3.92. The molecule has 1 N–H and O–H groups in total. The fourth-order valence-corrected chi connectivity index (χ4v) is 5.60. The average Bonchev–Trinajstić information content (AvgIpc) is 2.98. The Kier molecular flexibility index (Phi) is 11.6. The van der Waals surface area contributed by atoms with E-state index in [2.05, 4.69) is 38.2 Å². The van der Waals surface area contributed by atoms with Crippen molar-refractivity contribution in [1.82, 2.24) is 9.62 Å². The van der Waals surface area contributed by atoms with Crippen molar-refractivity contribution in [2.75, 3.05) is 13.1 Å².